The molecule has 0 N–H and O–H groups in total. The third kappa shape index (κ3) is 2.50. The Morgan fingerprint density at radius 3 is 2.59 bits per heavy atom. The van der Waals surface area contributed by atoms with E-state index in [9.17, 15) is 4.79 Å². The van der Waals surface area contributed by atoms with Crippen molar-refractivity contribution in [1.29, 1.82) is 0 Å². The Labute approximate surface area is 99.1 Å². The number of nitrogens with zero attached hydrogens (tertiary/aromatic N) is 3. The van der Waals surface area contributed by atoms with Crippen LogP contribution in [0.25, 0.3) is 0 Å². The van der Waals surface area contributed by atoms with Gasteiger partial charge in [-0.1, -0.05) is 30.3 Å². The van der Waals surface area contributed by atoms with Crippen LogP contribution in [0.15, 0.2) is 36.7 Å². The summed E-state index contributed by atoms with van der Waals surface area (Å²) < 4.78 is 6.86. The van der Waals surface area contributed by atoms with E-state index in [2.05, 4.69) is 10.1 Å². The Balaban J connectivity index is 2.39. The second kappa shape index (κ2) is 4.78. The van der Waals surface area contributed by atoms with Gasteiger partial charge < -0.3 is 4.74 Å². The number of esters is 1. The number of carbonyl (C=O) groups excluding carboxylic acids is 1. The van der Waals surface area contributed by atoms with Gasteiger partial charge in [-0.2, -0.15) is 5.10 Å². The molecule has 0 saturated carbocycles. The third-order valence-corrected chi connectivity index (χ3v) is 2.34. The Morgan fingerprint density at radius 1 is 1.35 bits per heavy atom. The van der Waals surface area contributed by atoms with Crippen molar-refractivity contribution in [2.45, 2.75) is 20.1 Å². The van der Waals surface area contributed by atoms with Gasteiger partial charge in [-0.15, -0.1) is 0 Å². The molecule has 1 aromatic carbocycles. The zero-order chi connectivity index (χ0) is 12.3. The molecule has 0 amide bonds. The summed E-state index contributed by atoms with van der Waals surface area (Å²) in [5, 5.41) is 4.07. The fraction of sp³-hybridized carbons (Fsp3) is 0.250. The molecule has 0 spiro atoms. The number of ether oxygens (including phenoxy) is 1. The van der Waals surface area contributed by atoms with E-state index in [1.54, 1.807) is 4.68 Å². The van der Waals surface area contributed by atoms with Gasteiger partial charge >= 0.3 is 5.97 Å². The minimum atomic E-state index is -0.559. The predicted octanol–water partition coefficient (Wildman–Crippen LogP) is 1.70. The maximum absolute atomic E-state index is 11.2. The van der Waals surface area contributed by atoms with Crippen LogP contribution in [0.1, 0.15) is 24.5 Å². The molecule has 1 heterocycles. The average Bonchev–Trinajstić information content (AvgIpc) is 2.73. The molecule has 1 atom stereocenters. The quantitative estimate of drug-likeness (QED) is 0.754. The molecule has 2 rings (SSSR count). The molecule has 17 heavy (non-hydrogen) atoms. The normalized spacial score (nSPS) is 12.1. The lowest BCUT2D eigenvalue weighted by atomic mass is 10.2. The lowest BCUT2D eigenvalue weighted by Gasteiger charge is -2.18. The number of aromatic nitrogens is 3. The third-order valence-electron chi connectivity index (χ3n) is 2.34. The van der Waals surface area contributed by atoms with Crippen LogP contribution in [-0.2, 0) is 9.53 Å². The summed E-state index contributed by atoms with van der Waals surface area (Å²) in [6, 6.07) is 9.45. The van der Waals surface area contributed by atoms with Crippen LogP contribution >= 0.6 is 0 Å². The van der Waals surface area contributed by atoms with Gasteiger partial charge in [0.2, 0.25) is 6.23 Å². The first kappa shape index (κ1) is 11.3. The lowest BCUT2D eigenvalue weighted by molar-refractivity contribution is -0.148. The Morgan fingerprint density at radius 2 is 2.06 bits per heavy atom. The maximum atomic E-state index is 11.2. The van der Waals surface area contributed by atoms with E-state index in [4.69, 9.17) is 4.74 Å². The molecule has 0 saturated heterocycles. The first-order valence-corrected chi connectivity index (χ1v) is 5.27. The molecule has 0 aliphatic rings. The van der Waals surface area contributed by atoms with Crippen molar-refractivity contribution >= 4 is 5.97 Å². The Kier molecular flexibility index (Phi) is 3.18. The summed E-state index contributed by atoms with van der Waals surface area (Å²) >= 11 is 0. The first-order valence-electron chi connectivity index (χ1n) is 5.27. The molecule has 5 nitrogen and oxygen atoms in total. The summed E-state index contributed by atoms with van der Waals surface area (Å²) in [5.74, 6) is 0.342. The van der Waals surface area contributed by atoms with E-state index >= 15 is 0 Å². The number of hydrogen-bond acceptors (Lipinski definition) is 4. The highest BCUT2D eigenvalue weighted by Crippen LogP contribution is 2.19. The molecule has 0 fully saturated rings. The van der Waals surface area contributed by atoms with E-state index in [1.165, 1.54) is 13.3 Å². The molecule has 0 radical (unpaired) electrons. The van der Waals surface area contributed by atoms with Gasteiger partial charge in [0, 0.05) is 12.5 Å². The summed E-state index contributed by atoms with van der Waals surface area (Å²) in [6.45, 7) is 3.19. The standard InChI is InChI=1S/C12H13N3O2/c1-9-13-8-14-15(9)12(17-10(2)16)11-6-4-3-5-7-11/h3-8,12H,1-2H3. The van der Waals surface area contributed by atoms with E-state index in [0.717, 1.165) is 5.56 Å². The van der Waals surface area contributed by atoms with Crippen molar-refractivity contribution in [1.82, 2.24) is 14.8 Å². The molecule has 2 aromatic rings. The van der Waals surface area contributed by atoms with Crippen molar-refractivity contribution in [2.24, 2.45) is 0 Å². The van der Waals surface area contributed by atoms with Gasteiger partial charge in [-0.05, 0) is 6.92 Å². The monoisotopic (exact) mass is 231 g/mol. The molecule has 0 bridgehead atoms. The van der Waals surface area contributed by atoms with Crippen LogP contribution in [0.3, 0.4) is 0 Å². The van der Waals surface area contributed by atoms with E-state index < -0.39 is 6.23 Å². The minimum Gasteiger partial charge on any atom is -0.435 e. The molecule has 88 valence electrons. The summed E-state index contributed by atoms with van der Waals surface area (Å²) in [7, 11) is 0. The fourth-order valence-electron chi connectivity index (χ4n) is 1.57. The number of rotatable bonds is 3. The summed E-state index contributed by atoms with van der Waals surface area (Å²) in [6.07, 6.45) is 0.880. The number of hydrogen-bond donors (Lipinski definition) is 0. The minimum absolute atomic E-state index is 0.353. The Hall–Kier alpha value is -2.17. The van der Waals surface area contributed by atoms with Gasteiger partial charge in [0.05, 0.1) is 0 Å². The zero-order valence-electron chi connectivity index (χ0n) is 9.70. The highest BCUT2D eigenvalue weighted by molar-refractivity contribution is 5.66. The van der Waals surface area contributed by atoms with Crippen LogP contribution in [0.4, 0.5) is 0 Å². The van der Waals surface area contributed by atoms with E-state index in [-0.39, 0.29) is 5.97 Å². The smallest absolute Gasteiger partial charge is 0.304 e. The maximum Gasteiger partial charge on any atom is 0.304 e. The number of aryl methyl sites for hydroxylation is 1. The molecule has 1 unspecified atom stereocenters. The van der Waals surface area contributed by atoms with Crippen molar-refractivity contribution in [3.63, 3.8) is 0 Å². The van der Waals surface area contributed by atoms with Crippen LogP contribution in [-0.4, -0.2) is 20.7 Å². The molecule has 0 aliphatic heterocycles. The van der Waals surface area contributed by atoms with Crippen LogP contribution in [0.2, 0.25) is 0 Å². The number of carbonyl (C=O) groups is 1. The van der Waals surface area contributed by atoms with Crippen molar-refractivity contribution < 1.29 is 9.53 Å². The van der Waals surface area contributed by atoms with Gasteiger partial charge in [0.1, 0.15) is 12.2 Å². The topological polar surface area (TPSA) is 57.0 Å². The highest BCUT2D eigenvalue weighted by Gasteiger charge is 2.19. The average molecular weight is 231 g/mol. The largest absolute Gasteiger partial charge is 0.435 e. The van der Waals surface area contributed by atoms with Crippen molar-refractivity contribution in [2.75, 3.05) is 0 Å². The fourth-order valence-corrected chi connectivity index (χ4v) is 1.57. The van der Waals surface area contributed by atoms with Gasteiger partial charge in [-0.3, -0.25) is 4.79 Å². The molecular formula is C12H13N3O2. The summed E-state index contributed by atoms with van der Waals surface area (Å²) in [5.41, 5.74) is 0.858. The van der Waals surface area contributed by atoms with Crippen molar-refractivity contribution in [3.05, 3.63) is 48.0 Å². The Bertz CT molecular complexity index is 507. The lowest BCUT2D eigenvalue weighted by Crippen LogP contribution is -2.19. The molecule has 1 aromatic heterocycles. The van der Waals surface area contributed by atoms with Crippen LogP contribution in [0.5, 0.6) is 0 Å². The zero-order valence-corrected chi connectivity index (χ0v) is 9.70. The second-order valence-electron chi connectivity index (χ2n) is 3.62. The molecule has 0 aliphatic carbocycles. The molecular weight excluding hydrogens is 218 g/mol. The van der Waals surface area contributed by atoms with Crippen LogP contribution in [0, 0.1) is 6.92 Å². The van der Waals surface area contributed by atoms with Gasteiger partial charge in [0.25, 0.3) is 0 Å². The SMILES string of the molecule is CC(=O)OC(c1ccccc1)n1ncnc1C. The highest BCUT2D eigenvalue weighted by atomic mass is 16.6. The summed E-state index contributed by atoms with van der Waals surface area (Å²) in [4.78, 5) is 15.2. The molecule has 5 heteroatoms. The van der Waals surface area contributed by atoms with E-state index in [1.807, 2.05) is 37.3 Å². The van der Waals surface area contributed by atoms with Crippen molar-refractivity contribution in [3.8, 4) is 0 Å². The first-order chi connectivity index (χ1) is 8.18. The number of benzene rings is 1. The second-order valence-corrected chi connectivity index (χ2v) is 3.62. The van der Waals surface area contributed by atoms with E-state index in [0.29, 0.717) is 5.82 Å². The van der Waals surface area contributed by atoms with Gasteiger partial charge in [0.15, 0.2) is 0 Å². The van der Waals surface area contributed by atoms with Crippen LogP contribution < -0.4 is 0 Å². The predicted molar refractivity (Wildman–Crippen MR) is 61.1 cm³/mol. The van der Waals surface area contributed by atoms with Gasteiger partial charge in [-0.25, -0.2) is 9.67 Å².